The molecule has 0 heterocycles. The number of hydrogen-bond donors (Lipinski definition) is 3. The molecule has 0 bridgehead atoms. The third-order valence-electron chi connectivity index (χ3n) is 7.03. The first-order chi connectivity index (χ1) is 19.0. The standard InChI is InChI=1S/C33H39ClN2O4/c1-22(23-13-7-5-8-14-23)35-32(40)30(33(2,3)4)36-31(39)26(21-28(37)38)19-11-17-25-18-12-20-27(34)29(25)24-15-9-6-10-16-24/h5-10,12-16,18,20,22,26,30H,11,17,19,21H2,1-4H3,(H,35,40)(H,36,39)(H,37,38)/t22-,26-,30-/m1/s1. The Morgan fingerprint density at radius 3 is 2.08 bits per heavy atom. The molecule has 212 valence electrons. The van der Waals surface area contributed by atoms with Gasteiger partial charge in [0, 0.05) is 16.5 Å². The second-order valence-corrected chi connectivity index (χ2v) is 11.7. The summed E-state index contributed by atoms with van der Waals surface area (Å²) in [6, 6.07) is 24.1. The molecule has 0 aromatic heterocycles. The van der Waals surface area contributed by atoms with Crippen molar-refractivity contribution in [2.24, 2.45) is 11.3 Å². The second kappa shape index (κ2) is 14.1. The first-order valence-electron chi connectivity index (χ1n) is 13.7. The van der Waals surface area contributed by atoms with E-state index in [-0.39, 0.29) is 18.4 Å². The van der Waals surface area contributed by atoms with Gasteiger partial charge in [0.05, 0.1) is 12.5 Å². The van der Waals surface area contributed by atoms with Crippen LogP contribution < -0.4 is 10.6 Å². The van der Waals surface area contributed by atoms with Crippen LogP contribution in [0.1, 0.15) is 64.1 Å². The summed E-state index contributed by atoms with van der Waals surface area (Å²) in [5.41, 5.74) is 3.35. The highest BCUT2D eigenvalue weighted by atomic mass is 35.5. The van der Waals surface area contributed by atoms with E-state index in [9.17, 15) is 19.5 Å². The molecule has 3 N–H and O–H groups in total. The SMILES string of the molecule is C[C@@H](NC(=O)[C@@H](NC(=O)[C@H](CCCc1cccc(Cl)c1-c1ccccc1)CC(=O)O)C(C)(C)C)c1ccccc1. The number of amides is 2. The van der Waals surface area contributed by atoms with Gasteiger partial charge in [-0.05, 0) is 54.4 Å². The first kappa shape index (κ1) is 30.9. The average molecular weight is 563 g/mol. The molecule has 3 atom stereocenters. The Hall–Kier alpha value is -3.64. The van der Waals surface area contributed by atoms with E-state index in [1.807, 2.05) is 107 Å². The lowest BCUT2D eigenvalue weighted by molar-refractivity contribution is -0.142. The van der Waals surface area contributed by atoms with Crippen LogP contribution >= 0.6 is 11.6 Å². The normalized spacial score (nSPS) is 13.6. The zero-order valence-electron chi connectivity index (χ0n) is 23.6. The van der Waals surface area contributed by atoms with Gasteiger partial charge in [-0.2, -0.15) is 0 Å². The topological polar surface area (TPSA) is 95.5 Å². The molecule has 0 aliphatic rings. The van der Waals surface area contributed by atoms with Gasteiger partial charge in [-0.25, -0.2) is 0 Å². The molecule has 0 fully saturated rings. The number of halogens is 1. The Morgan fingerprint density at radius 1 is 0.850 bits per heavy atom. The van der Waals surface area contributed by atoms with Crippen molar-refractivity contribution >= 4 is 29.4 Å². The molecule has 0 spiro atoms. The summed E-state index contributed by atoms with van der Waals surface area (Å²) in [7, 11) is 0. The lowest BCUT2D eigenvalue weighted by Gasteiger charge is -2.32. The molecule has 0 aliphatic carbocycles. The minimum Gasteiger partial charge on any atom is -0.481 e. The lowest BCUT2D eigenvalue weighted by Crippen LogP contribution is -2.55. The van der Waals surface area contributed by atoms with Gasteiger partial charge in [-0.3, -0.25) is 14.4 Å². The summed E-state index contributed by atoms with van der Waals surface area (Å²) in [4.78, 5) is 38.4. The number of nitrogens with one attached hydrogen (secondary N) is 2. The second-order valence-electron chi connectivity index (χ2n) is 11.3. The predicted molar refractivity (Wildman–Crippen MR) is 160 cm³/mol. The highest BCUT2D eigenvalue weighted by Crippen LogP contribution is 2.32. The average Bonchev–Trinajstić information content (AvgIpc) is 2.91. The quantitative estimate of drug-likeness (QED) is 0.225. The van der Waals surface area contributed by atoms with E-state index in [2.05, 4.69) is 10.6 Å². The first-order valence-corrected chi connectivity index (χ1v) is 14.1. The largest absolute Gasteiger partial charge is 0.481 e. The van der Waals surface area contributed by atoms with Crippen molar-refractivity contribution in [3.8, 4) is 11.1 Å². The maximum absolute atomic E-state index is 13.4. The fourth-order valence-corrected chi connectivity index (χ4v) is 5.14. The number of hydrogen-bond acceptors (Lipinski definition) is 3. The molecule has 0 saturated heterocycles. The van der Waals surface area contributed by atoms with Crippen LogP contribution in [-0.2, 0) is 20.8 Å². The fraction of sp³-hybridized carbons (Fsp3) is 0.364. The van der Waals surface area contributed by atoms with E-state index >= 15 is 0 Å². The van der Waals surface area contributed by atoms with Crippen molar-refractivity contribution in [2.45, 2.75) is 65.5 Å². The Labute approximate surface area is 242 Å². The van der Waals surface area contributed by atoms with E-state index < -0.39 is 29.3 Å². The van der Waals surface area contributed by atoms with E-state index in [0.29, 0.717) is 24.3 Å². The number of rotatable bonds is 12. The van der Waals surface area contributed by atoms with Crippen LogP contribution in [0.3, 0.4) is 0 Å². The Morgan fingerprint density at radius 2 is 1.48 bits per heavy atom. The van der Waals surface area contributed by atoms with Gasteiger partial charge in [0.2, 0.25) is 11.8 Å². The molecular weight excluding hydrogens is 524 g/mol. The minimum atomic E-state index is -1.05. The van der Waals surface area contributed by atoms with Gasteiger partial charge in [0.15, 0.2) is 0 Å². The maximum atomic E-state index is 13.4. The van der Waals surface area contributed by atoms with Gasteiger partial charge in [0.1, 0.15) is 6.04 Å². The van der Waals surface area contributed by atoms with Gasteiger partial charge in [-0.1, -0.05) is 105 Å². The van der Waals surface area contributed by atoms with Gasteiger partial charge < -0.3 is 15.7 Å². The van der Waals surface area contributed by atoms with Crippen LogP contribution in [0.15, 0.2) is 78.9 Å². The monoisotopic (exact) mass is 562 g/mol. The minimum absolute atomic E-state index is 0.248. The van der Waals surface area contributed by atoms with Crippen molar-refractivity contribution in [3.63, 3.8) is 0 Å². The summed E-state index contributed by atoms with van der Waals surface area (Å²) >= 11 is 6.55. The van der Waals surface area contributed by atoms with E-state index in [0.717, 1.165) is 22.3 Å². The number of carbonyl (C=O) groups is 3. The molecule has 0 unspecified atom stereocenters. The predicted octanol–water partition coefficient (Wildman–Crippen LogP) is 6.83. The number of aryl methyl sites for hydroxylation is 1. The molecule has 3 aromatic carbocycles. The molecule has 2 amide bonds. The Bertz CT molecular complexity index is 1290. The van der Waals surface area contributed by atoms with Crippen molar-refractivity contribution in [2.75, 3.05) is 0 Å². The summed E-state index contributed by atoms with van der Waals surface area (Å²) in [6.07, 6.45) is 1.26. The molecule has 0 radical (unpaired) electrons. The van der Waals surface area contributed by atoms with E-state index in [1.165, 1.54) is 0 Å². The number of carbonyl (C=O) groups excluding carboxylic acids is 2. The molecular formula is C33H39ClN2O4. The van der Waals surface area contributed by atoms with Crippen LogP contribution in [0, 0.1) is 11.3 Å². The summed E-state index contributed by atoms with van der Waals surface area (Å²) < 4.78 is 0. The zero-order chi connectivity index (χ0) is 29.3. The van der Waals surface area contributed by atoms with Crippen molar-refractivity contribution in [3.05, 3.63) is 95.0 Å². The number of carboxylic acids is 1. The molecule has 7 heteroatoms. The van der Waals surface area contributed by atoms with E-state index in [1.54, 1.807) is 0 Å². The maximum Gasteiger partial charge on any atom is 0.304 e. The summed E-state index contributed by atoms with van der Waals surface area (Å²) in [6.45, 7) is 7.52. The highest BCUT2D eigenvalue weighted by Gasteiger charge is 2.35. The lowest BCUT2D eigenvalue weighted by atomic mass is 9.85. The molecule has 40 heavy (non-hydrogen) atoms. The van der Waals surface area contributed by atoms with Gasteiger partial charge in [-0.15, -0.1) is 0 Å². The van der Waals surface area contributed by atoms with Crippen LogP contribution in [0.4, 0.5) is 0 Å². The third kappa shape index (κ3) is 8.68. The molecule has 0 aliphatic heterocycles. The Kier molecular flexibility index (Phi) is 10.9. The van der Waals surface area contributed by atoms with Crippen LogP contribution in [-0.4, -0.2) is 28.9 Å². The van der Waals surface area contributed by atoms with E-state index in [4.69, 9.17) is 11.6 Å². The van der Waals surface area contributed by atoms with Crippen molar-refractivity contribution in [1.82, 2.24) is 10.6 Å². The zero-order valence-corrected chi connectivity index (χ0v) is 24.4. The van der Waals surface area contributed by atoms with Crippen molar-refractivity contribution in [1.29, 1.82) is 0 Å². The van der Waals surface area contributed by atoms with Crippen LogP contribution in [0.2, 0.25) is 5.02 Å². The Balaban J connectivity index is 1.71. The number of aliphatic carboxylic acids is 1. The number of carboxylic acid groups (broad SMARTS) is 1. The number of benzene rings is 3. The van der Waals surface area contributed by atoms with Gasteiger partial charge >= 0.3 is 5.97 Å². The third-order valence-corrected chi connectivity index (χ3v) is 7.34. The van der Waals surface area contributed by atoms with Crippen LogP contribution in [0.5, 0.6) is 0 Å². The van der Waals surface area contributed by atoms with Gasteiger partial charge in [0.25, 0.3) is 0 Å². The summed E-state index contributed by atoms with van der Waals surface area (Å²) in [5.74, 6) is -2.57. The molecule has 3 aromatic rings. The summed E-state index contributed by atoms with van der Waals surface area (Å²) in [5, 5.41) is 16.1. The van der Waals surface area contributed by atoms with Crippen LogP contribution in [0.25, 0.3) is 11.1 Å². The smallest absolute Gasteiger partial charge is 0.304 e. The molecule has 0 saturated carbocycles. The van der Waals surface area contributed by atoms with Crippen molar-refractivity contribution < 1.29 is 19.5 Å². The molecule has 3 rings (SSSR count). The highest BCUT2D eigenvalue weighted by molar-refractivity contribution is 6.33. The fourth-order valence-electron chi connectivity index (χ4n) is 4.84. The molecule has 6 nitrogen and oxygen atoms in total.